The number of rotatable bonds is 3. The molecule has 0 fully saturated rings. The molecule has 0 atom stereocenters. The van der Waals surface area contributed by atoms with Crippen molar-refractivity contribution in [1.82, 2.24) is 9.13 Å². The van der Waals surface area contributed by atoms with Gasteiger partial charge >= 0.3 is 0 Å². The van der Waals surface area contributed by atoms with E-state index >= 15 is 0 Å². The third kappa shape index (κ3) is 3.90. The Morgan fingerprint density at radius 1 is 0.360 bits per heavy atom. The van der Waals surface area contributed by atoms with Gasteiger partial charge in [-0.3, -0.25) is 0 Å². The van der Waals surface area contributed by atoms with Gasteiger partial charge in [0.1, 0.15) is 0 Å². The second-order valence-electron chi connectivity index (χ2n) is 13.6. The molecule has 0 saturated heterocycles. The van der Waals surface area contributed by atoms with E-state index in [0.717, 1.165) is 12.8 Å². The summed E-state index contributed by atoms with van der Waals surface area (Å²) in [5, 5.41) is 11.7. The molecule has 0 bridgehead atoms. The van der Waals surface area contributed by atoms with E-state index in [0.29, 0.717) is 0 Å². The normalized spacial score (nSPS) is 13.0. The highest BCUT2D eigenvalue weighted by Crippen LogP contribution is 2.41. The maximum atomic E-state index is 2.52. The molecule has 50 heavy (non-hydrogen) atoms. The maximum Gasteiger partial charge on any atom is 0.0542 e. The van der Waals surface area contributed by atoms with E-state index in [2.05, 4.69) is 179 Å². The second-order valence-corrected chi connectivity index (χ2v) is 13.6. The van der Waals surface area contributed by atoms with Crippen LogP contribution < -0.4 is 0 Å². The van der Waals surface area contributed by atoms with Crippen LogP contribution >= 0.6 is 0 Å². The Morgan fingerprint density at radius 2 is 0.920 bits per heavy atom. The van der Waals surface area contributed by atoms with Gasteiger partial charge in [-0.2, -0.15) is 0 Å². The van der Waals surface area contributed by atoms with E-state index in [-0.39, 0.29) is 0 Å². The maximum absolute atomic E-state index is 2.52. The first-order chi connectivity index (χ1) is 24.8. The van der Waals surface area contributed by atoms with Gasteiger partial charge in [-0.05, 0) is 111 Å². The van der Waals surface area contributed by atoms with E-state index < -0.39 is 0 Å². The number of hydrogen-bond donors (Lipinski definition) is 0. The topological polar surface area (TPSA) is 9.86 Å². The first kappa shape index (κ1) is 27.6. The Hall–Kier alpha value is -6.38. The van der Waals surface area contributed by atoms with Gasteiger partial charge in [-0.15, -0.1) is 0 Å². The highest BCUT2D eigenvalue weighted by molar-refractivity contribution is 6.25. The Balaban J connectivity index is 1.11. The van der Waals surface area contributed by atoms with Gasteiger partial charge in [0.2, 0.25) is 0 Å². The predicted molar refractivity (Wildman–Crippen MR) is 213 cm³/mol. The molecule has 2 heteroatoms. The number of fused-ring (bicyclic) bond motifs is 12. The van der Waals surface area contributed by atoms with Crippen LogP contribution in [0, 0.1) is 0 Å². The number of allylic oxidation sites excluding steroid dienone is 1. The highest BCUT2D eigenvalue weighted by atomic mass is 15.0. The number of nitrogens with zero attached hydrogens (tertiary/aromatic N) is 2. The molecule has 0 saturated carbocycles. The minimum Gasteiger partial charge on any atom is -0.313 e. The minimum atomic E-state index is 1.02. The smallest absolute Gasteiger partial charge is 0.0542 e. The number of benzene rings is 8. The van der Waals surface area contributed by atoms with E-state index in [9.17, 15) is 0 Å². The molecule has 0 aliphatic heterocycles. The van der Waals surface area contributed by atoms with Crippen LogP contribution in [-0.2, 0) is 6.42 Å². The molecular formula is C48H32N2. The van der Waals surface area contributed by atoms with Crippen LogP contribution in [0.3, 0.4) is 0 Å². The molecule has 11 rings (SSSR count). The lowest BCUT2D eigenvalue weighted by molar-refractivity contribution is 0.889. The van der Waals surface area contributed by atoms with Crippen molar-refractivity contribution in [3.63, 3.8) is 0 Å². The second kappa shape index (κ2) is 10.6. The molecular weight excluding hydrogens is 605 g/mol. The van der Waals surface area contributed by atoms with Crippen molar-refractivity contribution in [2.24, 2.45) is 0 Å². The third-order valence-corrected chi connectivity index (χ3v) is 10.9. The van der Waals surface area contributed by atoms with Gasteiger partial charge in [0, 0.05) is 38.8 Å². The molecule has 8 aromatic carbocycles. The van der Waals surface area contributed by atoms with Crippen LogP contribution in [0.2, 0.25) is 0 Å². The van der Waals surface area contributed by atoms with Gasteiger partial charge in [0.25, 0.3) is 0 Å². The van der Waals surface area contributed by atoms with Crippen molar-refractivity contribution in [2.75, 3.05) is 0 Å². The van der Waals surface area contributed by atoms with Crippen LogP contribution in [0.4, 0.5) is 0 Å². The Labute approximate surface area is 289 Å². The standard InChI is InChI=1S/C48H32N2/c1-2-12-33(13-3-1)49-45-20-10-9-19-41(45)44-30-34(24-27-48(44)49)50-46-21-11-8-18-40(46)43-29-32(23-26-47(43)50)31-22-25-39-37-16-5-4-14-35(37)36-15-6-7-17-38(36)42(39)28-31/h1-10,12-20,22-30H,11,21H2. The van der Waals surface area contributed by atoms with Crippen molar-refractivity contribution < 1.29 is 0 Å². The lowest BCUT2D eigenvalue weighted by Gasteiger charge is -2.14. The zero-order valence-electron chi connectivity index (χ0n) is 27.5. The quantitative estimate of drug-likeness (QED) is 0.171. The van der Waals surface area contributed by atoms with E-state index in [1.54, 1.807) is 0 Å². The monoisotopic (exact) mass is 636 g/mol. The van der Waals surface area contributed by atoms with Crippen molar-refractivity contribution in [3.8, 4) is 22.5 Å². The molecule has 10 aromatic rings. The van der Waals surface area contributed by atoms with Crippen LogP contribution in [0.15, 0.2) is 164 Å². The molecule has 0 radical (unpaired) electrons. The molecule has 0 N–H and O–H groups in total. The van der Waals surface area contributed by atoms with Crippen LogP contribution in [0.5, 0.6) is 0 Å². The van der Waals surface area contributed by atoms with Gasteiger partial charge in [0.15, 0.2) is 0 Å². The number of hydrogen-bond acceptors (Lipinski definition) is 0. The lowest BCUT2D eigenvalue weighted by atomic mass is 9.91. The summed E-state index contributed by atoms with van der Waals surface area (Å²) in [5.74, 6) is 0. The summed E-state index contributed by atoms with van der Waals surface area (Å²) < 4.78 is 4.91. The molecule has 2 aromatic heterocycles. The molecule has 2 nitrogen and oxygen atoms in total. The molecule has 0 amide bonds. The molecule has 234 valence electrons. The fraction of sp³-hybridized carbons (Fsp3) is 0.0417. The first-order valence-corrected chi connectivity index (χ1v) is 17.6. The SMILES string of the molecule is C1=Cc2c(n(-c3ccc4c(c3)c3ccccc3n4-c3ccccc3)c3ccc(-c4ccc5c6ccccc6c6ccccc6c5c4)cc23)CC1. The molecule has 2 heterocycles. The largest absolute Gasteiger partial charge is 0.313 e. The minimum absolute atomic E-state index is 1.02. The summed E-state index contributed by atoms with van der Waals surface area (Å²) in [6, 6.07) is 58.3. The zero-order valence-corrected chi connectivity index (χ0v) is 27.5. The average molecular weight is 637 g/mol. The van der Waals surface area contributed by atoms with Gasteiger partial charge in [-0.1, -0.05) is 115 Å². The van der Waals surface area contributed by atoms with Crippen LogP contribution in [-0.4, -0.2) is 9.13 Å². The fourth-order valence-electron chi connectivity index (χ4n) is 8.74. The van der Waals surface area contributed by atoms with Crippen molar-refractivity contribution in [1.29, 1.82) is 0 Å². The highest BCUT2D eigenvalue weighted by Gasteiger charge is 2.21. The van der Waals surface area contributed by atoms with Crippen molar-refractivity contribution in [3.05, 3.63) is 175 Å². The summed E-state index contributed by atoms with van der Waals surface area (Å²) >= 11 is 0. The first-order valence-electron chi connectivity index (χ1n) is 17.6. The number of para-hydroxylation sites is 2. The van der Waals surface area contributed by atoms with Crippen molar-refractivity contribution in [2.45, 2.75) is 12.8 Å². The number of aromatic nitrogens is 2. The summed E-state index contributed by atoms with van der Waals surface area (Å²) in [4.78, 5) is 0. The van der Waals surface area contributed by atoms with Crippen LogP contribution in [0.1, 0.15) is 17.7 Å². The molecule has 0 unspecified atom stereocenters. The molecule has 1 aliphatic carbocycles. The van der Waals surface area contributed by atoms with Crippen molar-refractivity contribution >= 4 is 71.1 Å². The van der Waals surface area contributed by atoms with E-state index in [4.69, 9.17) is 0 Å². The molecule has 1 aliphatic rings. The summed E-state index contributed by atoms with van der Waals surface area (Å²) in [6.45, 7) is 0. The zero-order chi connectivity index (χ0) is 32.8. The fourth-order valence-corrected chi connectivity index (χ4v) is 8.74. The Kier molecular flexibility index (Phi) is 5.82. The Morgan fingerprint density at radius 3 is 1.68 bits per heavy atom. The Bertz CT molecular complexity index is 2990. The van der Waals surface area contributed by atoms with Gasteiger partial charge in [-0.25, -0.2) is 0 Å². The third-order valence-electron chi connectivity index (χ3n) is 10.9. The van der Waals surface area contributed by atoms with E-state index in [1.165, 1.54) is 98.8 Å². The average Bonchev–Trinajstić information content (AvgIpc) is 3.70. The predicted octanol–water partition coefficient (Wildman–Crippen LogP) is 12.8. The van der Waals surface area contributed by atoms with Crippen LogP contribution in [0.25, 0.3) is 93.6 Å². The van der Waals surface area contributed by atoms with E-state index in [1.807, 2.05) is 0 Å². The molecule has 0 spiro atoms. The summed E-state index contributed by atoms with van der Waals surface area (Å²) in [5.41, 5.74) is 11.3. The summed E-state index contributed by atoms with van der Waals surface area (Å²) in [7, 11) is 0. The lowest BCUT2D eigenvalue weighted by Crippen LogP contribution is -2.03. The van der Waals surface area contributed by atoms with Gasteiger partial charge < -0.3 is 9.13 Å². The van der Waals surface area contributed by atoms with Gasteiger partial charge in [0.05, 0.1) is 16.6 Å². The summed E-state index contributed by atoms with van der Waals surface area (Å²) in [6.07, 6.45) is 6.76.